The predicted molar refractivity (Wildman–Crippen MR) is 110 cm³/mol. The van der Waals surface area contributed by atoms with Gasteiger partial charge in [-0.2, -0.15) is 0 Å². The molecule has 0 radical (unpaired) electrons. The number of imidazole rings is 1. The second-order valence-electron chi connectivity index (χ2n) is 7.06. The summed E-state index contributed by atoms with van der Waals surface area (Å²) in [5.41, 5.74) is 9.27. The van der Waals surface area contributed by atoms with Gasteiger partial charge in [0, 0.05) is 23.6 Å². The molecule has 1 atom stereocenters. The Morgan fingerprint density at radius 3 is 2.90 bits per heavy atom. The number of carbonyl (C=O) groups is 1. The topological polar surface area (TPSA) is 111 Å². The van der Waals surface area contributed by atoms with Crippen LogP contribution in [0.1, 0.15) is 54.7 Å². The van der Waals surface area contributed by atoms with Crippen molar-refractivity contribution in [3.8, 4) is 11.3 Å². The molecule has 7 heteroatoms. The van der Waals surface area contributed by atoms with Gasteiger partial charge in [-0.25, -0.2) is 9.97 Å². The summed E-state index contributed by atoms with van der Waals surface area (Å²) < 4.78 is 5.01. The summed E-state index contributed by atoms with van der Waals surface area (Å²) in [4.78, 5) is 27.9. The Bertz CT molecular complexity index is 1090. The van der Waals surface area contributed by atoms with Crippen LogP contribution in [-0.2, 0) is 0 Å². The molecular formula is C22H23N5O2. The summed E-state index contributed by atoms with van der Waals surface area (Å²) >= 11 is 0. The molecule has 0 bridgehead atoms. The molecule has 0 fully saturated rings. The molecule has 1 unspecified atom stereocenters. The first-order chi connectivity index (χ1) is 14.2. The first kappa shape index (κ1) is 19.0. The average Bonchev–Trinajstić information content (AvgIpc) is 3.45. The average molecular weight is 389 g/mol. The monoisotopic (exact) mass is 389 g/mol. The minimum absolute atomic E-state index is 0.0550. The zero-order chi connectivity index (χ0) is 20.1. The third-order valence-electron chi connectivity index (χ3n) is 4.95. The van der Waals surface area contributed by atoms with E-state index >= 15 is 0 Å². The van der Waals surface area contributed by atoms with E-state index in [0.29, 0.717) is 6.42 Å². The van der Waals surface area contributed by atoms with Crippen molar-refractivity contribution in [3.05, 3.63) is 66.9 Å². The lowest BCUT2D eigenvalue weighted by Gasteiger charge is -2.08. The van der Waals surface area contributed by atoms with Crippen LogP contribution in [0.3, 0.4) is 0 Å². The van der Waals surface area contributed by atoms with Gasteiger partial charge in [0.2, 0.25) is 5.78 Å². The van der Waals surface area contributed by atoms with Gasteiger partial charge in [-0.3, -0.25) is 9.78 Å². The zero-order valence-electron chi connectivity index (χ0n) is 16.0. The lowest BCUT2D eigenvalue weighted by molar-refractivity contribution is 0.0945. The van der Waals surface area contributed by atoms with E-state index in [1.165, 1.54) is 12.5 Å². The van der Waals surface area contributed by atoms with E-state index in [2.05, 4.69) is 26.0 Å². The first-order valence-corrected chi connectivity index (χ1v) is 9.79. The zero-order valence-corrected chi connectivity index (χ0v) is 16.0. The van der Waals surface area contributed by atoms with Crippen molar-refractivity contribution >= 4 is 16.7 Å². The van der Waals surface area contributed by atoms with Crippen molar-refractivity contribution in [3.63, 3.8) is 0 Å². The number of hydrogen-bond donors (Lipinski definition) is 2. The maximum Gasteiger partial charge on any atom is 0.263 e. The van der Waals surface area contributed by atoms with Crippen LogP contribution in [-0.4, -0.2) is 25.7 Å². The highest BCUT2D eigenvalue weighted by Crippen LogP contribution is 2.24. The highest BCUT2D eigenvalue weighted by Gasteiger charge is 2.13. The first-order valence-electron chi connectivity index (χ1n) is 9.79. The van der Waals surface area contributed by atoms with Crippen LogP contribution >= 0.6 is 0 Å². The SMILES string of the molecule is NC(CCCCCC(=O)c1ncco1)c1ncc(-c2ccc3ncccc3c2)[nH]1. The number of benzene rings is 1. The number of H-pyrrole nitrogens is 1. The number of hydrogen-bond acceptors (Lipinski definition) is 6. The predicted octanol–water partition coefficient (Wildman–Crippen LogP) is 4.45. The largest absolute Gasteiger partial charge is 0.442 e. The third kappa shape index (κ3) is 4.57. The maximum absolute atomic E-state index is 11.8. The van der Waals surface area contributed by atoms with Gasteiger partial charge in [0.25, 0.3) is 5.89 Å². The van der Waals surface area contributed by atoms with Crippen LogP contribution in [0.25, 0.3) is 22.2 Å². The van der Waals surface area contributed by atoms with Crippen LogP contribution in [0.2, 0.25) is 0 Å². The lowest BCUT2D eigenvalue weighted by Crippen LogP contribution is -2.12. The summed E-state index contributed by atoms with van der Waals surface area (Å²) in [5.74, 6) is 0.914. The van der Waals surface area contributed by atoms with E-state index in [0.717, 1.165) is 53.7 Å². The molecule has 4 rings (SSSR count). The molecule has 0 aliphatic carbocycles. The Labute approximate surface area is 168 Å². The molecular weight excluding hydrogens is 366 g/mol. The molecule has 4 aromatic rings. The molecule has 0 saturated carbocycles. The van der Waals surface area contributed by atoms with E-state index in [9.17, 15) is 4.79 Å². The highest BCUT2D eigenvalue weighted by atomic mass is 16.3. The molecule has 148 valence electrons. The maximum atomic E-state index is 11.8. The summed E-state index contributed by atoms with van der Waals surface area (Å²) in [6, 6.07) is 9.94. The van der Waals surface area contributed by atoms with Crippen molar-refractivity contribution in [1.82, 2.24) is 19.9 Å². The smallest absolute Gasteiger partial charge is 0.263 e. The van der Waals surface area contributed by atoms with E-state index < -0.39 is 0 Å². The summed E-state index contributed by atoms with van der Waals surface area (Å²) in [7, 11) is 0. The number of carbonyl (C=O) groups excluding carboxylic acids is 1. The normalized spacial score (nSPS) is 12.3. The van der Waals surface area contributed by atoms with Crippen molar-refractivity contribution in [1.29, 1.82) is 0 Å². The molecule has 0 saturated heterocycles. The highest BCUT2D eigenvalue weighted by molar-refractivity contribution is 5.91. The summed E-state index contributed by atoms with van der Waals surface area (Å²) in [6.07, 6.45) is 10.4. The van der Waals surface area contributed by atoms with E-state index in [4.69, 9.17) is 10.2 Å². The number of Topliss-reactive ketones (excluding diaryl/α,β-unsaturated/α-hetero) is 1. The molecule has 29 heavy (non-hydrogen) atoms. The minimum Gasteiger partial charge on any atom is -0.442 e. The fraction of sp³-hybridized carbons (Fsp3) is 0.273. The van der Waals surface area contributed by atoms with Gasteiger partial charge in [0.1, 0.15) is 12.1 Å². The Hall–Kier alpha value is -3.32. The molecule has 7 nitrogen and oxygen atoms in total. The third-order valence-corrected chi connectivity index (χ3v) is 4.95. The van der Waals surface area contributed by atoms with Crippen LogP contribution in [0.4, 0.5) is 0 Å². The van der Waals surface area contributed by atoms with Gasteiger partial charge in [-0.15, -0.1) is 0 Å². The van der Waals surface area contributed by atoms with E-state index in [1.807, 2.05) is 30.5 Å². The quantitative estimate of drug-likeness (QED) is 0.323. The number of ketones is 1. The number of nitrogens with one attached hydrogen (secondary N) is 1. The van der Waals surface area contributed by atoms with Crippen molar-refractivity contribution in [2.75, 3.05) is 0 Å². The molecule has 0 aliphatic heterocycles. The Balaban J connectivity index is 1.28. The van der Waals surface area contributed by atoms with Crippen molar-refractivity contribution < 1.29 is 9.21 Å². The number of oxazole rings is 1. The van der Waals surface area contributed by atoms with Crippen LogP contribution in [0.15, 0.2) is 59.6 Å². The summed E-state index contributed by atoms with van der Waals surface area (Å²) in [5, 5.41) is 1.09. The molecule has 0 amide bonds. The van der Waals surface area contributed by atoms with Crippen molar-refractivity contribution in [2.24, 2.45) is 5.73 Å². The molecule has 3 heterocycles. The van der Waals surface area contributed by atoms with Crippen LogP contribution in [0.5, 0.6) is 0 Å². The molecule has 3 aromatic heterocycles. The van der Waals surface area contributed by atoms with E-state index in [-0.39, 0.29) is 17.7 Å². The Kier molecular flexibility index (Phi) is 5.76. The lowest BCUT2D eigenvalue weighted by atomic mass is 10.1. The summed E-state index contributed by atoms with van der Waals surface area (Å²) in [6.45, 7) is 0. The Morgan fingerprint density at radius 2 is 2.03 bits per heavy atom. The fourth-order valence-electron chi connectivity index (χ4n) is 3.35. The number of unbranched alkanes of at least 4 members (excludes halogenated alkanes) is 2. The van der Waals surface area contributed by atoms with Gasteiger partial charge < -0.3 is 15.1 Å². The minimum atomic E-state index is -0.159. The number of nitrogens with zero attached hydrogens (tertiary/aromatic N) is 3. The second kappa shape index (κ2) is 8.79. The molecule has 0 spiro atoms. The van der Waals surface area contributed by atoms with Crippen molar-refractivity contribution in [2.45, 2.75) is 38.1 Å². The number of aromatic amines is 1. The molecule has 3 N–H and O–H groups in total. The van der Waals surface area contributed by atoms with Gasteiger partial charge in [0.05, 0.1) is 29.6 Å². The van der Waals surface area contributed by atoms with Gasteiger partial charge in [-0.05, 0) is 31.0 Å². The number of rotatable bonds is 9. The fourth-order valence-corrected chi connectivity index (χ4v) is 3.35. The van der Waals surface area contributed by atoms with Crippen LogP contribution < -0.4 is 5.73 Å². The van der Waals surface area contributed by atoms with E-state index in [1.54, 1.807) is 6.20 Å². The van der Waals surface area contributed by atoms with Gasteiger partial charge >= 0.3 is 0 Å². The van der Waals surface area contributed by atoms with Gasteiger partial charge in [0.15, 0.2) is 0 Å². The second-order valence-corrected chi connectivity index (χ2v) is 7.06. The molecule has 1 aromatic carbocycles. The number of fused-ring (bicyclic) bond motifs is 1. The van der Waals surface area contributed by atoms with Crippen LogP contribution in [0, 0.1) is 0 Å². The van der Waals surface area contributed by atoms with Gasteiger partial charge in [-0.1, -0.05) is 25.0 Å². The standard InChI is InChI=1S/C22H23N5O2/c23-17(6-2-1-3-7-20(28)22-25-11-12-29-22)21-26-14-19(27-21)16-8-9-18-15(13-16)5-4-10-24-18/h4-5,8-14,17H,1-3,6-7,23H2,(H,26,27). The molecule has 0 aliphatic rings. The number of aromatic nitrogens is 4. The number of pyridine rings is 1. The Morgan fingerprint density at radius 1 is 1.10 bits per heavy atom. The number of nitrogens with two attached hydrogens (primary N) is 1.